The van der Waals surface area contributed by atoms with Crippen LogP contribution in [0.2, 0.25) is 0 Å². The molecular weight excluding hydrogens is 422 g/mol. The van der Waals surface area contributed by atoms with Gasteiger partial charge < -0.3 is 15.5 Å². The molecule has 0 saturated carbocycles. The van der Waals surface area contributed by atoms with Crippen molar-refractivity contribution in [3.05, 3.63) is 101 Å². The Balaban J connectivity index is 1.56. The fraction of sp³-hybridized carbons (Fsp3) is 0. The lowest BCUT2D eigenvalue weighted by atomic mass is 10.1. The summed E-state index contributed by atoms with van der Waals surface area (Å²) in [6.45, 7) is 0. The highest BCUT2D eigenvalue weighted by molar-refractivity contribution is 5.99. The summed E-state index contributed by atoms with van der Waals surface area (Å²) < 4.78 is 7.24. The van der Waals surface area contributed by atoms with Gasteiger partial charge in [0.25, 0.3) is 11.6 Å². The first kappa shape index (κ1) is 20.0. The molecule has 5 rings (SSSR count). The lowest BCUT2D eigenvalue weighted by Crippen LogP contribution is -2.15. The number of nitrogens with zero attached hydrogens (tertiary/aromatic N) is 3. The smallest absolute Gasteiger partial charge is 0.270 e. The number of nitro benzene ring substituents is 1. The van der Waals surface area contributed by atoms with Crippen LogP contribution < -0.4 is 10.5 Å². The number of nitro groups is 1. The van der Waals surface area contributed by atoms with Gasteiger partial charge in [-0.05, 0) is 42.0 Å². The van der Waals surface area contributed by atoms with Crippen molar-refractivity contribution in [2.24, 2.45) is 5.73 Å². The largest absolute Gasteiger partial charge is 0.457 e. The van der Waals surface area contributed by atoms with Crippen LogP contribution in [0, 0.1) is 10.1 Å². The minimum absolute atomic E-state index is 0.0391. The number of rotatable bonds is 6. The van der Waals surface area contributed by atoms with E-state index in [0.717, 1.165) is 0 Å². The average Bonchev–Trinajstić information content (AvgIpc) is 3.39. The number of ether oxygens (including phenoxy) is 1. The topological polar surface area (TPSA) is 129 Å². The van der Waals surface area contributed by atoms with Crippen molar-refractivity contribution in [1.29, 1.82) is 0 Å². The van der Waals surface area contributed by atoms with E-state index in [1.54, 1.807) is 24.3 Å². The number of primary amides is 1. The van der Waals surface area contributed by atoms with Crippen LogP contribution in [-0.2, 0) is 0 Å². The maximum absolute atomic E-state index is 12.3. The third-order valence-electron chi connectivity index (χ3n) is 5.18. The number of benzene rings is 3. The summed E-state index contributed by atoms with van der Waals surface area (Å²) >= 11 is 0. The lowest BCUT2D eigenvalue weighted by molar-refractivity contribution is -0.384. The van der Waals surface area contributed by atoms with Gasteiger partial charge in [-0.25, -0.2) is 4.52 Å². The summed E-state index contributed by atoms with van der Waals surface area (Å²) in [4.78, 5) is 26.2. The third kappa shape index (κ3) is 3.68. The molecule has 0 fully saturated rings. The molecule has 162 valence electrons. The van der Waals surface area contributed by atoms with Gasteiger partial charge >= 0.3 is 0 Å². The number of imidazole rings is 1. The zero-order valence-corrected chi connectivity index (χ0v) is 17.1. The Morgan fingerprint density at radius 3 is 2.39 bits per heavy atom. The van der Waals surface area contributed by atoms with E-state index in [-0.39, 0.29) is 11.4 Å². The zero-order chi connectivity index (χ0) is 22.9. The van der Waals surface area contributed by atoms with Crippen LogP contribution in [0.3, 0.4) is 0 Å². The second-order valence-electron chi connectivity index (χ2n) is 7.28. The molecule has 0 unspecified atom stereocenters. The molecule has 1 amide bonds. The van der Waals surface area contributed by atoms with Crippen molar-refractivity contribution < 1.29 is 14.5 Å². The third-order valence-corrected chi connectivity index (χ3v) is 5.18. The van der Waals surface area contributed by atoms with Crippen molar-refractivity contribution in [2.75, 3.05) is 0 Å². The van der Waals surface area contributed by atoms with Gasteiger partial charge in [0.05, 0.1) is 16.8 Å². The van der Waals surface area contributed by atoms with E-state index in [4.69, 9.17) is 10.5 Å². The monoisotopic (exact) mass is 439 g/mol. The van der Waals surface area contributed by atoms with Crippen LogP contribution >= 0.6 is 0 Å². The van der Waals surface area contributed by atoms with Crippen LogP contribution in [0.15, 0.2) is 85.1 Å². The van der Waals surface area contributed by atoms with Crippen LogP contribution in [-0.4, -0.2) is 25.4 Å². The van der Waals surface area contributed by atoms with Gasteiger partial charge in [-0.1, -0.05) is 30.3 Å². The number of para-hydroxylation sites is 1. The normalized spacial score (nSPS) is 10.9. The van der Waals surface area contributed by atoms with Crippen molar-refractivity contribution >= 4 is 17.2 Å². The second kappa shape index (κ2) is 7.97. The Morgan fingerprint density at radius 1 is 0.970 bits per heavy atom. The van der Waals surface area contributed by atoms with E-state index >= 15 is 0 Å². The summed E-state index contributed by atoms with van der Waals surface area (Å²) in [6.07, 6.45) is 1.54. The van der Waals surface area contributed by atoms with Gasteiger partial charge in [0, 0.05) is 23.3 Å². The molecule has 3 N–H and O–H groups in total. The molecule has 0 bridgehead atoms. The number of hydrogen-bond acceptors (Lipinski definition) is 5. The molecule has 2 aromatic heterocycles. The first-order valence-corrected chi connectivity index (χ1v) is 9.99. The van der Waals surface area contributed by atoms with Crippen molar-refractivity contribution in [3.8, 4) is 33.9 Å². The van der Waals surface area contributed by atoms with Crippen molar-refractivity contribution in [3.63, 3.8) is 0 Å². The molecule has 0 spiro atoms. The quantitative estimate of drug-likeness (QED) is 0.290. The van der Waals surface area contributed by atoms with E-state index < -0.39 is 10.8 Å². The van der Waals surface area contributed by atoms with Crippen LogP contribution in [0.4, 0.5) is 5.69 Å². The number of amides is 1. The zero-order valence-electron chi connectivity index (χ0n) is 17.1. The van der Waals surface area contributed by atoms with Crippen LogP contribution in [0.1, 0.15) is 10.5 Å². The number of aromatic amines is 1. The van der Waals surface area contributed by atoms with Gasteiger partial charge in [0.15, 0.2) is 5.69 Å². The molecular formula is C24H17N5O4. The van der Waals surface area contributed by atoms with Crippen LogP contribution in [0.5, 0.6) is 11.5 Å². The first-order chi connectivity index (χ1) is 16.0. The van der Waals surface area contributed by atoms with Gasteiger partial charge in [-0.2, -0.15) is 5.10 Å². The van der Waals surface area contributed by atoms with E-state index in [1.807, 2.05) is 42.5 Å². The number of fused-ring (bicyclic) bond motifs is 1. The van der Waals surface area contributed by atoms with Crippen LogP contribution in [0.25, 0.3) is 28.0 Å². The summed E-state index contributed by atoms with van der Waals surface area (Å²) in [5.41, 5.74) is 8.71. The molecule has 5 aromatic rings. The van der Waals surface area contributed by atoms with E-state index in [2.05, 4.69) is 10.1 Å². The van der Waals surface area contributed by atoms with Crippen molar-refractivity contribution in [2.45, 2.75) is 0 Å². The van der Waals surface area contributed by atoms with Crippen molar-refractivity contribution in [1.82, 2.24) is 14.6 Å². The Kier molecular flexibility index (Phi) is 4.83. The van der Waals surface area contributed by atoms with E-state index in [9.17, 15) is 14.9 Å². The fourth-order valence-corrected chi connectivity index (χ4v) is 3.67. The number of carbonyl (C=O) groups excluding carboxylic acids is 1. The van der Waals surface area contributed by atoms with Gasteiger partial charge in [-0.3, -0.25) is 14.9 Å². The average molecular weight is 439 g/mol. The summed E-state index contributed by atoms with van der Waals surface area (Å²) in [5.74, 6) is 0.691. The number of H-pyrrole nitrogens is 1. The van der Waals surface area contributed by atoms with Gasteiger partial charge in [-0.15, -0.1) is 0 Å². The molecule has 0 radical (unpaired) electrons. The maximum Gasteiger partial charge on any atom is 0.270 e. The molecule has 33 heavy (non-hydrogen) atoms. The predicted octanol–water partition coefficient (Wildman–Crippen LogP) is 4.80. The molecule has 0 aliphatic carbocycles. The Labute approximate surface area is 187 Å². The molecule has 9 nitrogen and oxygen atoms in total. The van der Waals surface area contributed by atoms with Gasteiger partial charge in [0.1, 0.15) is 17.1 Å². The predicted molar refractivity (Wildman–Crippen MR) is 122 cm³/mol. The van der Waals surface area contributed by atoms with E-state index in [1.165, 1.54) is 22.8 Å². The summed E-state index contributed by atoms with van der Waals surface area (Å²) in [7, 11) is 0. The first-order valence-electron chi connectivity index (χ1n) is 9.99. The molecule has 0 aliphatic heterocycles. The number of nitrogens with two attached hydrogens (primary N) is 1. The number of non-ortho nitro benzene ring substituents is 1. The van der Waals surface area contributed by atoms with Gasteiger partial charge in [0.2, 0.25) is 0 Å². The second-order valence-corrected chi connectivity index (χ2v) is 7.28. The highest BCUT2D eigenvalue weighted by Crippen LogP contribution is 2.32. The number of hydrogen-bond donors (Lipinski definition) is 2. The molecule has 0 aliphatic rings. The highest BCUT2D eigenvalue weighted by Gasteiger charge is 2.22. The molecule has 0 atom stereocenters. The minimum atomic E-state index is -0.658. The SMILES string of the molecule is NC(=O)c1c(-c2ccc(Oc3ccccc3)cc2)[nH]c2c(-c3cccc([N+](=O)[O-])c3)cnn12. The molecule has 9 heteroatoms. The standard InChI is InChI=1S/C24H17N5O4/c25-23(30)22-21(15-9-11-19(12-10-15)33-18-7-2-1-3-8-18)27-24-20(14-26-28(22)24)16-5-4-6-17(13-16)29(31)32/h1-14,27H,(H2,25,30). The summed E-state index contributed by atoms with van der Waals surface area (Å²) in [6, 6.07) is 22.8. The Morgan fingerprint density at radius 2 is 1.70 bits per heavy atom. The number of carbonyl (C=O) groups is 1. The highest BCUT2D eigenvalue weighted by atomic mass is 16.6. The fourth-order valence-electron chi connectivity index (χ4n) is 3.67. The molecule has 2 heterocycles. The Hall–Kier alpha value is -4.92. The molecule has 0 saturated heterocycles. The molecule has 3 aromatic carbocycles. The number of aromatic nitrogens is 3. The summed E-state index contributed by atoms with van der Waals surface area (Å²) in [5, 5.41) is 15.5. The Bertz CT molecular complexity index is 1490. The van der Waals surface area contributed by atoms with E-state index in [0.29, 0.717) is 39.5 Å². The minimum Gasteiger partial charge on any atom is -0.457 e. The number of nitrogens with one attached hydrogen (secondary N) is 1. The lowest BCUT2D eigenvalue weighted by Gasteiger charge is -2.07. The maximum atomic E-state index is 12.3.